The number of oxazole rings is 1. The van der Waals surface area contributed by atoms with Gasteiger partial charge in [-0.3, -0.25) is 9.59 Å². The maximum absolute atomic E-state index is 15.4. The lowest BCUT2D eigenvalue weighted by molar-refractivity contribution is -0.117. The molecule has 3 aromatic carbocycles. The molecule has 2 aliphatic rings. The highest BCUT2D eigenvalue weighted by atomic mass is 35.5. The van der Waals surface area contributed by atoms with E-state index in [1.54, 1.807) is 49.4 Å². The maximum Gasteiger partial charge on any atom is 0.251 e. The molecule has 0 unspecified atom stereocenters. The van der Waals surface area contributed by atoms with E-state index in [0.717, 1.165) is 31.7 Å². The molecule has 10 nitrogen and oxygen atoms in total. The van der Waals surface area contributed by atoms with Gasteiger partial charge in [0.2, 0.25) is 5.91 Å². The van der Waals surface area contributed by atoms with Gasteiger partial charge < -0.3 is 30.0 Å². The number of aromatic nitrogens is 2. The summed E-state index contributed by atoms with van der Waals surface area (Å²) in [6.07, 6.45) is 3.45. The number of nitrogens with two attached hydrogens (primary N) is 1. The number of ether oxygens (including phenoxy) is 2. The zero-order chi connectivity index (χ0) is 35.2. The summed E-state index contributed by atoms with van der Waals surface area (Å²) in [5.41, 5.74) is 4.79. The molecule has 13 heteroatoms. The fourth-order valence-corrected chi connectivity index (χ4v) is 5.94. The van der Waals surface area contributed by atoms with Crippen LogP contribution in [0.3, 0.4) is 0 Å². The fourth-order valence-electron chi connectivity index (χ4n) is 5.78. The van der Waals surface area contributed by atoms with Crippen molar-refractivity contribution in [1.82, 2.24) is 15.3 Å². The molecule has 7 rings (SSSR count). The van der Waals surface area contributed by atoms with E-state index in [2.05, 4.69) is 15.3 Å². The van der Waals surface area contributed by atoms with E-state index in [-0.39, 0.29) is 63.9 Å². The highest BCUT2D eigenvalue weighted by Crippen LogP contribution is 2.43. The Kier molecular flexibility index (Phi) is 8.91. The molecule has 0 bridgehead atoms. The number of fused-ring (bicyclic) bond motifs is 1. The number of carbonyl (C=O) groups is 2. The van der Waals surface area contributed by atoms with Crippen LogP contribution in [-0.2, 0) is 16.8 Å². The Hall–Kier alpha value is -5.07. The first-order valence-corrected chi connectivity index (χ1v) is 16.7. The van der Waals surface area contributed by atoms with Crippen molar-refractivity contribution in [2.45, 2.75) is 56.7 Å². The van der Waals surface area contributed by atoms with Crippen LogP contribution in [0.1, 0.15) is 71.6 Å². The van der Waals surface area contributed by atoms with Gasteiger partial charge >= 0.3 is 0 Å². The van der Waals surface area contributed by atoms with E-state index >= 15 is 4.39 Å². The molecular weight excluding hydrogens is 670 g/mol. The Morgan fingerprint density at radius 2 is 1.82 bits per heavy atom. The molecule has 0 aliphatic heterocycles. The Bertz CT molecular complexity index is 2120. The lowest BCUT2D eigenvalue weighted by Gasteiger charge is -2.30. The van der Waals surface area contributed by atoms with Gasteiger partial charge in [-0.1, -0.05) is 41.9 Å². The number of amides is 2. The highest BCUT2D eigenvalue weighted by Gasteiger charge is 2.37. The van der Waals surface area contributed by atoms with Crippen molar-refractivity contribution >= 4 is 34.5 Å². The number of halogens is 3. The lowest BCUT2D eigenvalue weighted by atomic mass is 9.87. The zero-order valence-electron chi connectivity index (χ0n) is 27.0. The summed E-state index contributed by atoms with van der Waals surface area (Å²) in [5.74, 6) is -1.97. The molecule has 0 radical (unpaired) electrons. The average Bonchev–Trinajstić information content (AvgIpc) is 4.05. The monoisotopic (exact) mass is 702 g/mol. The number of carbonyl (C=O) groups excluding carboxylic acids is 2. The van der Waals surface area contributed by atoms with Gasteiger partial charge in [0.15, 0.2) is 17.0 Å². The van der Waals surface area contributed by atoms with Crippen molar-refractivity contribution in [1.29, 1.82) is 0 Å². The third kappa shape index (κ3) is 6.73. The highest BCUT2D eigenvalue weighted by molar-refractivity contribution is 6.31. The van der Waals surface area contributed by atoms with E-state index in [9.17, 15) is 19.1 Å². The van der Waals surface area contributed by atoms with Gasteiger partial charge in [0.05, 0.1) is 36.4 Å². The van der Waals surface area contributed by atoms with Crippen molar-refractivity contribution in [3.63, 3.8) is 0 Å². The molecule has 2 heterocycles. The minimum absolute atomic E-state index is 0.00481. The molecule has 2 aliphatic carbocycles. The molecule has 0 saturated heterocycles. The third-order valence-corrected chi connectivity index (χ3v) is 8.92. The average molecular weight is 703 g/mol. The van der Waals surface area contributed by atoms with Gasteiger partial charge in [-0.2, -0.15) is 0 Å². The molecule has 50 heavy (non-hydrogen) atoms. The topological polar surface area (TPSA) is 150 Å². The van der Waals surface area contributed by atoms with Gasteiger partial charge in [-0.15, -0.1) is 0 Å². The quantitative estimate of drug-likeness (QED) is 0.121. The summed E-state index contributed by atoms with van der Waals surface area (Å²) in [6.45, 7) is 1.36. The predicted molar refractivity (Wildman–Crippen MR) is 180 cm³/mol. The minimum atomic E-state index is -2.05. The first kappa shape index (κ1) is 33.4. The van der Waals surface area contributed by atoms with Crippen LogP contribution in [0.4, 0.5) is 8.78 Å². The number of hydrogen-bond acceptors (Lipinski definition) is 8. The normalized spacial score (nSPS) is 15.5. The van der Waals surface area contributed by atoms with Crippen molar-refractivity contribution in [3.8, 4) is 22.8 Å². The zero-order valence-corrected chi connectivity index (χ0v) is 27.7. The lowest BCUT2D eigenvalue weighted by Crippen LogP contribution is -2.42. The molecule has 5 aromatic rings. The van der Waals surface area contributed by atoms with Gasteiger partial charge in [0, 0.05) is 28.7 Å². The Labute approximate surface area is 290 Å². The first-order chi connectivity index (χ1) is 24.0. The van der Waals surface area contributed by atoms with Crippen LogP contribution in [0.2, 0.25) is 5.02 Å². The van der Waals surface area contributed by atoms with Crippen molar-refractivity contribution in [3.05, 3.63) is 106 Å². The molecule has 2 saturated carbocycles. The summed E-state index contributed by atoms with van der Waals surface area (Å²) in [7, 11) is 0. The molecule has 4 N–H and O–H groups in total. The van der Waals surface area contributed by atoms with Gasteiger partial charge in [-0.25, -0.2) is 18.7 Å². The predicted octanol–water partition coefficient (Wildman–Crippen LogP) is 6.33. The van der Waals surface area contributed by atoms with Crippen LogP contribution in [-0.4, -0.2) is 46.1 Å². The second-order valence-corrected chi connectivity index (χ2v) is 12.9. The van der Waals surface area contributed by atoms with Crippen LogP contribution in [0.5, 0.6) is 11.5 Å². The van der Waals surface area contributed by atoms with E-state index < -0.39 is 35.6 Å². The van der Waals surface area contributed by atoms with E-state index in [1.165, 1.54) is 6.07 Å². The molecule has 2 fully saturated rings. The summed E-state index contributed by atoms with van der Waals surface area (Å²) < 4.78 is 47.5. The number of primary amides is 1. The van der Waals surface area contributed by atoms with Crippen molar-refractivity contribution in [2.75, 3.05) is 13.2 Å². The number of rotatable bonds is 13. The molecule has 2 aromatic heterocycles. The molecule has 258 valence electrons. The molecule has 0 spiro atoms. The number of pyridine rings is 1. The number of benzene rings is 3. The minimum Gasteiger partial charge on any atom is -0.491 e. The summed E-state index contributed by atoms with van der Waals surface area (Å²) in [5, 5.41) is 15.0. The first-order valence-electron chi connectivity index (χ1n) is 16.3. The maximum atomic E-state index is 15.4. The number of aliphatic hydroxyl groups is 1. The van der Waals surface area contributed by atoms with Crippen LogP contribution < -0.4 is 20.5 Å². The van der Waals surface area contributed by atoms with Crippen LogP contribution >= 0.6 is 11.6 Å². The second-order valence-electron chi connectivity index (χ2n) is 12.5. The Balaban J connectivity index is 1.31. The standard InChI is InChI=1S/C37H33ClF2N4O6/c1-2-48-34-20(15-31(41)45)14-30(43-32(34)24-16-25(38)27(40)17-26(24)39)37(47,22-6-4-3-5-7-22)18-42-35(46)21-12-28(49-23-10-11-23)33-29(13-21)50-36(44-33)19-8-9-19/h3-7,12-14,16-17,19,23,47H,2,8-11,15,18H2,1H3,(H2,41,45)(H,42,46)/t37-/m1/s1. The van der Waals surface area contributed by atoms with Crippen LogP contribution in [0, 0.1) is 11.6 Å². The number of nitrogens with zero attached hydrogens (tertiary/aromatic N) is 2. The van der Waals surface area contributed by atoms with E-state index in [4.69, 9.17) is 31.2 Å². The van der Waals surface area contributed by atoms with Gasteiger partial charge in [0.25, 0.3) is 5.91 Å². The van der Waals surface area contributed by atoms with Crippen molar-refractivity contribution in [2.24, 2.45) is 5.73 Å². The summed E-state index contributed by atoms with van der Waals surface area (Å²) in [4.78, 5) is 35.3. The van der Waals surface area contributed by atoms with Gasteiger partial charge in [0.1, 0.15) is 34.4 Å². The Morgan fingerprint density at radius 3 is 2.50 bits per heavy atom. The number of hydrogen-bond donors (Lipinski definition) is 3. The molecule has 1 atom stereocenters. The molecule has 2 amide bonds. The SMILES string of the molecule is CCOc1c(CC(N)=O)cc([C@@](O)(CNC(=O)c2cc(OC3CC3)c3nc(C4CC4)oc3c2)c2ccccc2)nc1-c1cc(Cl)c(F)cc1F. The summed E-state index contributed by atoms with van der Waals surface area (Å²) in [6, 6.07) is 14.7. The Morgan fingerprint density at radius 1 is 1.06 bits per heavy atom. The van der Waals surface area contributed by atoms with Crippen LogP contribution in [0.15, 0.2) is 65.1 Å². The fraction of sp³-hybridized carbons (Fsp3) is 0.297. The molecular formula is C37H33ClF2N4O6. The largest absolute Gasteiger partial charge is 0.491 e. The van der Waals surface area contributed by atoms with Gasteiger partial charge in [-0.05, 0) is 62.4 Å². The summed E-state index contributed by atoms with van der Waals surface area (Å²) >= 11 is 6.06. The van der Waals surface area contributed by atoms with Crippen molar-refractivity contribution < 1.29 is 37.4 Å². The smallest absolute Gasteiger partial charge is 0.251 e. The second kappa shape index (κ2) is 13.3. The third-order valence-electron chi connectivity index (χ3n) is 8.63. The van der Waals surface area contributed by atoms with E-state index in [0.29, 0.717) is 34.4 Å². The number of nitrogens with one attached hydrogen (secondary N) is 1. The van der Waals surface area contributed by atoms with Crippen LogP contribution in [0.25, 0.3) is 22.4 Å². The van der Waals surface area contributed by atoms with E-state index in [1.807, 2.05) is 0 Å².